The maximum atomic E-state index is 5.30. The van der Waals surface area contributed by atoms with Crippen molar-refractivity contribution in [1.82, 2.24) is 4.57 Å². The van der Waals surface area contributed by atoms with Gasteiger partial charge in [0.15, 0.2) is 4.80 Å². The molecule has 3 rings (SSSR count). The Morgan fingerprint density at radius 2 is 1.88 bits per heavy atom. The van der Waals surface area contributed by atoms with E-state index in [1.807, 2.05) is 30.3 Å². The van der Waals surface area contributed by atoms with E-state index in [0.717, 1.165) is 35.8 Å². The van der Waals surface area contributed by atoms with Crippen molar-refractivity contribution in [2.75, 3.05) is 20.8 Å². The van der Waals surface area contributed by atoms with Gasteiger partial charge in [-0.2, -0.15) is 0 Å². The number of hydrogen-bond donors (Lipinski definition) is 0. The van der Waals surface area contributed by atoms with Crippen molar-refractivity contribution in [2.24, 2.45) is 4.99 Å². The number of ether oxygens (including phenoxy) is 2. The topological polar surface area (TPSA) is 35.8 Å². The second kappa shape index (κ2) is 8.65. The van der Waals surface area contributed by atoms with Gasteiger partial charge in [0.25, 0.3) is 0 Å². The van der Waals surface area contributed by atoms with Crippen molar-refractivity contribution in [3.05, 3.63) is 64.8 Å². The summed E-state index contributed by atoms with van der Waals surface area (Å²) in [4.78, 5) is 5.81. The summed E-state index contributed by atoms with van der Waals surface area (Å²) in [7, 11) is 3.40. The van der Waals surface area contributed by atoms with E-state index in [1.165, 1.54) is 11.3 Å². The molecule has 0 aliphatic heterocycles. The predicted octanol–water partition coefficient (Wildman–Crippen LogP) is 4.49. The zero-order chi connectivity index (χ0) is 17.5. The molecule has 0 spiro atoms. The van der Waals surface area contributed by atoms with Gasteiger partial charge in [-0.25, -0.2) is 4.99 Å². The minimum atomic E-state index is 0.732. The fourth-order valence-corrected chi connectivity index (χ4v) is 3.59. The summed E-state index contributed by atoms with van der Waals surface area (Å²) in [5, 5.41) is 2.17. The summed E-state index contributed by atoms with van der Waals surface area (Å²) in [6.45, 7) is 1.60. The number of methoxy groups -OCH3 is 2. The van der Waals surface area contributed by atoms with Crippen LogP contribution in [0, 0.1) is 0 Å². The molecule has 130 valence electrons. The summed E-state index contributed by atoms with van der Waals surface area (Å²) in [5.41, 5.74) is 3.27. The Hall–Kier alpha value is -2.37. The monoisotopic (exact) mass is 354 g/mol. The molecule has 0 N–H and O–H groups in total. The molecule has 0 saturated heterocycles. The Morgan fingerprint density at radius 3 is 2.64 bits per heavy atom. The first kappa shape index (κ1) is 17.5. The third kappa shape index (κ3) is 4.38. The van der Waals surface area contributed by atoms with Crippen molar-refractivity contribution in [3.63, 3.8) is 0 Å². The van der Waals surface area contributed by atoms with Crippen molar-refractivity contribution in [2.45, 2.75) is 13.0 Å². The lowest BCUT2D eigenvalue weighted by Gasteiger charge is -2.09. The first-order valence-electron chi connectivity index (χ1n) is 8.23. The summed E-state index contributed by atoms with van der Waals surface area (Å²) >= 11 is 1.65. The van der Waals surface area contributed by atoms with Crippen LogP contribution in [0.1, 0.15) is 6.42 Å². The molecular weight excluding hydrogens is 332 g/mol. The number of benzene rings is 2. The van der Waals surface area contributed by atoms with Gasteiger partial charge >= 0.3 is 0 Å². The molecule has 2 aromatic carbocycles. The third-order valence-electron chi connectivity index (χ3n) is 3.88. The van der Waals surface area contributed by atoms with Crippen LogP contribution in [0.25, 0.3) is 11.3 Å². The van der Waals surface area contributed by atoms with Crippen molar-refractivity contribution in [3.8, 4) is 17.0 Å². The lowest BCUT2D eigenvalue weighted by Crippen LogP contribution is -2.17. The van der Waals surface area contributed by atoms with E-state index >= 15 is 0 Å². The van der Waals surface area contributed by atoms with Crippen LogP contribution in [0.15, 0.2) is 65.0 Å². The smallest absolute Gasteiger partial charge is 0.190 e. The average Bonchev–Trinajstić information content (AvgIpc) is 3.05. The van der Waals surface area contributed by atoms with Gasteiger partial charge in [0.2, 0.25) is 0 Å². The maximum Gasteiger partial charge on any atom is 0.190 e. The summed E-state index contributed by atoms with van der Waals surface area (Å²) in [6, 6.07) is 18.2. The number of nitrogens with zero attached hydrogens (tertiary/aromatic N) is 2. The van der Waals surface area contributed by atoms with Gasteiger partial charge in [-0.3, -0.25) is 0 Å². The van der Waals surface area contributed by atoms with Crippen LogP contribution >= 0.6 is 11.3 Å². The van der Waals surface area contributed by atoms with Gasteiger partial charge in [0.05, 0.1) is 18.5 Å². The average molecular weight is 354 g/mol. The van der Waals surface area contributed by atoms with E-state index in [1.54, 1.807) is 25.6 Å². The van der Waals surface area contributed by atoms with Gasteiger partial charge in [-0.05, 0) is 24.1 Å². The number of aromatic nitrogens is 1. The van der Waals surface area contributed by atoms with E-state index in [0.29, 0.717) is 0 Å². The maximum absolute atomic E-state index is 5.30. The predicted molar refractivity (Wildman–Crippen MR) is 102 cm³/mol. The summed E-state index contributed by atoms with van der Waals surface area (Å²) in [6.07, 6.45) is 0.943. The van der Waals surface area contributed by atoms with Crippen LogP contribution in [0.2, 0.25) is 0 Å². The molecule has 0 bridgehead atoms. The quantitative estimate of drug-likeness (QED) is 0.586. The van der Waals surface area contributed by atoms with Gasteiger partial charge in [-0.1, -0.05) is 36.4 Å². The fourth-order valence-electron chi connectivity index (χ4n) is 2.63. The number of rotatable bonds is 7. The van der Waals surface area contributed by atoms with Crippen molar-refractivity contribution >= 4 is 17.0 Å². The van der Waals surface area contributed by atoms with E-state index in [2.05, 4.69) is 34.2 Å². The molecule has 0 amide bonds. The van der Waals surface area contributed by atoms with Gasteiger partial charge in [0.1, 0.15) is 5.75 Å². The molecule has 0 aliphatic rings. The summed E-state index contributed by atoms with van der Waals surface area (Å²) in [5.74, 6) is 0.812. The van der Waals surface area contributed by atoms with Crippen LogP contribution < -0.4 is 9.54 Å². The standard InChI is InChI=1S/C20H22N2O2S/c1-23-13-7-12-22-19(16-8-4-3-5-9-16)15-25-20(22)21-17-10-6-11-18(14-17)24-2/h3-6,8-11,14-15H,7,12-13H2,1-2H3. The van der Waals surface area contributed by atoms with Gasteiger partial charge in [0, 0.05) is 31.7 Å². The minimum Gasteiger partial charge on any atom is -0.497 e. The van der Waals surface area contributed by atoms with Crippen LogP contribution in [0.5, 0.6) is 5.75 Å². The fraction of sp³-hybridized carbons (Fsp3) is 0.250. The molecule has 0 radical (unpaired) electrons. The molecule has 5 heteroatoms. The molecule has 0 aliphatic carbocycles. The van der Waals surface area contributed by atoms with Crippen LogP contribution in [-0.4, -0.2) is 25.4 Å². The Kier molecular flexibility index (Phi) is 6.04. The zero-order valence-corrected chi connectivity index (χ0v) is 15.3. The summed E-state index contributed by atoms with van der Waals surface area (Å²) < 4.78 is 12.8. The SMILES string of the molecule is COCCCn1c(-c2ccccc2)csc1=Nc1cccc(OC)c1. The van der Waals surface area contributed by atoms with Crippen LogP contribution in [-0.2, 0) is 11.3 Å². The van der Waals surface area contributed by atoms with Crippen molar-refractivity contribution in [1.29, 1.82) is 0 Å². The first-order valence-corrected chi connectivity index (χ1v) is 9.11. The molecular formula is C20H22N2O2S. The second-order valence-electron chi connectivity index (χ2n) is 5.58. The number of hydrogen-bond acceptors (Lipinski definition) is 4. The van der Waals surface area contributed by atoms with Crippen LogP contribution in [0.3, 0.4) is 0 Å². The zero-order valence-electron chi connectivity index (χ0n) is 14.5. The number of thiazole rings is 1. The normalized spacial score (nSPS) is 11.7. The Bertz CT molecular complexity index is 869. The van der Waals surface area contributed by atoms with Gasteiger partial charge in [-0.15, -0.1) is 11.3 Å². The molecule has 0 fully saturated rings. The van der Waals surface area contributed by atoms with Crippen molar-refractivity contribution < 1.29 is 9.47 Å². The second-order valence-corrected chi connectivity index (χ2v) is 6.42. The minimum absolute atomic E-state index is 0.732. The van der Waals surface area contributed by atoms with E-state index in [-0.39, 0.29) is 0 Å². The lowest BCUT2D eigenvalue weighted by atomic mass is 10.2. The highest BCUT2D eigenvalue weighted by Gasteiger charge is 2.08. The largest absolute Gasteiger partial charge is 0.497 e. The molecule has 0 saturated carbocycles. The highest BCUT2D eigenvalue weighted by Crippen LogP contribution is 2.22. The molecule has 3 aromatic rings. The van der Waals surface area contributed by atoms with E-state index in [4.69, 9.17) is 14.5 Å². The van der Waals surface area contributed by atoms with E-state index in [9.17, 15) is 0 Å². The van der Waals surface area contributed by atoms with Gasteiger partial charge < -0.3 is 14.0 Å². The highest BCUT2D eigenvalue weighted by molar-refractivity contribution is 7.07. The molecule has 4 nitrogen and oxygen atoms in total. The van der Waals surface area contributed by atoms with Crippen LogP contribution in [0.4, 0.5) is 5.69 Å². The highest BCUT2D eigenvalue weighted by atomic mass is 32.1. The Morgan fingerprint density at radius 1 is 1.04 bits per heavy atom. The molecule has 0 atom stereocenters. The Balaban J connectivity index is 2.03. The lowest BCUT2D eigenvalue weighted by molar-refractivity contribution is 0.190. The van der Waals surface area contributed by atoms with E-state index < -0.39 is 0 Å². The molecule has 0 unspecified atom stereocenters. The first-order chi connectivity index (χ1) is 12.3. The molecule has 25 heavy (non-hydrogen) atoms. The molecule has 1 heterocycles. The Labute approximate surface area is 152 Å². The third-order valence-corrected chi connectivity index (χ3v) is 4.74. The molecule has 1 aromatic heterocycles.